The lowest BCUT2D eigenvalue weighted by atomic mass is 10.1. The van der Waals surface area contributed by atoms with Gasteiger partial charge < -0.3 is 10.4 Å². The number of aromatic hydroxyl groups is 1. The number of phenols is 1. The first kappa shape index (κ1) is 16.4. The Morgan fingerprint density at radius 3 is 2.70 bits per heavy atom. The van der Waals surface area contributed by atoms with Crippen molar-refractivity contribution in [2.45, 2.75) is 26.7 Å². The number of phenolic OH excluding ortho intramolecular Hbond substituents is 1. The molecule has 1 heterocycles. The highest BCUT2D eigenvalue weighted by Crippen LogP contribution is 2.30. The third kappa shape index (κ3) is 4.04. The van der Waals surface area contributed by atoms with E-state index in [-0.39, 0.29) is 23.1 Å². The maximum Gasteiger partial charge on any atom is 0.228 e. The topological polar surface area (TPSA) is 98.9 Å². The molecule has 2 N–H and O–H groups in total. The number of hydrogen-bond donors (Lipinski definition) is 2. The average Bonchev–Trinajstić information content (AvgIpc) is 3.42. The van der Waals surface area contributed by atoms with E-state index in [4.69, 9.17) is 5.26 Å². The summed E-state index contributed by atoms with van der Waals surface area (Å²) in [7, 11) is 0. The van der Waals surface area contributed by atoms with Crippen LogP contribution in [-0.4, -0.2) is 21.0 Å². The Bertz CT molecular complexity index is 748. The molecule has 6 heteroatoms. The zero-order chi connectivity index (χ0) is 16.8. The van der Waals surface area contributed by atoms with Crippen LogP contribution in [0.4, 0.5) is 5.82 Å². The monoisotopic (exact) mass is 310 g/mol. The first-order valence-electron chi connectivity index (χ1n) is 7.54. The van der Waals surface area contributed by atoms with Crippen molar-refractivity contribution in [2.24, 2.45) is 5.92 Å². The smallest absolute Gasteiger partial charge is 0.228 e. The molecule has 3 rings (SSSR count). The number of nitriles is 1. The molecule has 1 amide bonds. The predicted molar refractivity (Wildman–Crippen MR) is 86.5 cm³/mol. The molecule has 6 nitrogen and oxygen atoms in total. The zero-order valence-corrected chi connectivity index (χ0v) is 13.1. The Kier molecular flexibility index (Phi) is 5.26. The fraction of sp³-hybridized carbons (Fsp3) is 0.294. The predicted octanol–water partition coefficient (Wildman–Crippen LogP) is 3.10. The SMILES string of the molecule is CC.N#Cc1cc(-c2cc(NC(=O)C3CC3)ncn2)ccc1O. The van der Waals surface area contributed by atoms with E-state index in [9.17, 15) is 9.90 Å². The van der Waals surface area contributed by atoms with Crippen molar-refractivity contribution in [1.82, 2.24) is 9.97 Å². The van der Waals surface area contributed by atoms with Crippen LogP contribution in [0.3, 0.4) is 0 Å². The van der Waals surface area contributed by atoms with Gasteiger partial charge in [-0.3, -0.25) is 4.79 Å². The number of carbonyl (C=O) groups is 1. The quantitative estimate of drug-likeness (QED) is 0.907. The van der Waals surface area contributed by atoms with Crippen molar-refractivity contribution < 1.29 is 9.90 Å². The molecular weight excluding hydrogens is 292 g/mol. The van der Waals surface area contributed by atoms with E-state index >= 15 is 0 Å². The van der Waals surface area contributed by atoms with Gasteiger partial charge in [0.25, 0.3) is 0 Å². The summed E-state index contributed by atoms with van der Waals surface area (Å²) in [5.41, 5.74) is 1.43. The molecule has 0 atom stereocenters. The number of nitrogens with zero attached hydrogens (tertiary/aromatic N) is 3. The number of benzene rings is 1. The van der Waals surface area contributed by atoms with Crippen molar-refractivity contribution in [3.63, 3.8) is 0 Å². The molecule has 23 heavy (non-hydrogen) atoms. The maximum absolute atomic E-state index is 11.7. The van der Waals surface area contributed by atoms with Crippen LogP contribution in [0.5, 0.6) is 5.75 Å². The average molecular weight is 310 g/mol. The van der Waals surface area contributed by atoms with E-state index in [1.54, 1.807) is 18.2 Å². The summed E-state index contributed by atoms with van der Waals surface area (Å²) < 4.78 is 0. The lowest BCUT2D eigenvalue weighted by Gasteiger charge is -2.06. The second-order valence-electron chi connectivity index (χ2n) is 4.90. The molecule has 0 aliphatic heterocycles. The van der Waals surface area contributed by atoms with E-state index in [2.05, 4.69) is 15.3 Å². The normalized spacial score (nSPS) is 12.6. The Balaban J connectivity index is 0.000000924. The van der Waals surface area contributed by atoms with Gasteiger partial charge in [-0.05, 0) is 31.0 Å². The van der Waals surface area contributed by atoms with Crippen molar-refractivity contribution in [3.05, 3.63) is 36.2 Å². The summed E-state index contributed by atoms with van der Waals surface area (Å²) in [4.78, 5) is 19.9. The largest absolute Gasteiger partial charge is 0.507 e. The third-order valence-electron chi connectivity index (χ3n) is 3.28. The Morgan fingerprint density at radius 2 is 2.04 bits per heavy atom. The van der Waals surface area contributed by atoms with Crippen LogP contribution in [0.1, 0.15) is 32.3 Å². The van der Waals surface area contributed by atoms with Gasteiger partial charge in [-0.2, -0.15) is 5.26 Å². The second-order valence-corrected chi connectivity index (χ2v) is 4.90. The molecule has 1 fully saturated rings. The summed E-state index contributed by atoms with van der Waals surface area (Å²) in [6.07, 6.45) is 3.21. The number of carbonyl (C=O) groups excluding carboxylic acids is 1. The molecule has 1 aromatic heterocycles. The maximum atomic E-state index is 11.7. The molecule has 118 valence electrons. The van der Waals surface area contributed by atoms with Gasteiger partial charge in [0.05, 0.1) is 11.3 Å². The minimum Gasteiger partial charge on any atom is -0.507 e. The molecule has 0 spiro atoms. The highest BCUT2D eigenvalue weighted by Gasteiger charge is 2.29. The van der Waals surface area contributed by atoms with Crippen molar-refractivity contribution >= 4 is 11.7 Å². The van der Waals surface area contributed by atoms with Crippen LogP contribution < -0.4 is 5.32 Å². The lowest BCUT2D eigenvalue weighted by Crippen LogP contribution is -2.14. The first-order valence-corrected chi connectivity index (χ1v) is 7.54. The summed E-state index contributed by atoms with van der Waals surface area (Å²) in [6.45, 7) is 4.00. The van der Waals surface area contributed by atoms with Crippen LogP contribution in [0.25, 0.3) is 11.3 Å². The Hall–Kier alpha value is -2.94. The first-order chi connectivity index (χ1) is 11.2. The van der Waals surface area contributed by atoms with Crippen LogP contribution in [0.15, 0.2) is 30.6 Å². The van der Waals surface area contributed by atoms with E-state index in [1.165, 1.54) is 12.4 Å². The number of rotatable bonds is 3. The number of anilines is 1. The highest BCUT2D eigenvalue weighted by molar-refractivity contribution is 5.93. The molecule has 2 aromatic rings. The molecule has 1 aliphatic carbocycles. The fourth-order valence-electron chi connectivity index (χ4n) is 1.94. The molecule has 1 aliphatic rings. The van der Waals surface area contributed by atoms with Crippen molar-refractivity contribution in [1.29, 1.82) is 5.26 Å². The lowest BCUT2D eigenvalue weighted by molar-refractivity contribution is -0.117. The molecule has 0 unspecified atom stereocenters. The van der Waals surface area contributed by atoms with E-state index in [0.717, 1.165) is 12.8 Å². The van der Waals surface area contributed by atoms with Crippen LogP contribution in [-0.2, 0) is 4.79 Å². The third-order valence-corrected chi connectivity index (χ3v) is 3.28. The number of amides is 1. The molecule has 0 saturated heterocycles. The van der Waals surface area contributed by atoms with Gasteiger partial charge in [-0.15, -0.1) is 0 Å². The van der Waals surface area contributed by atoms with Gasteiger partial charge in [-0.25, -0.2) is 9.97 Å². The van der Waals surface area contributed by atoms with Gasteiger partial charge in [0.15, 0.2) is 0 Å². The Morgan fingerprint density at radius 1 is 1.30 bits per heavy atom. The van der Waals surface area contributed by atoms with Gasteiger partial charge in [0.1, 0.15) is 24.0 Å². The minimum absolute atomic E-state index is 0.0249. The van der Waals surface area contributed by atoms with Crippen LogP contribution in [0.2, 0.25) is 0 Å². The molecule has 1 aromatic carbocycles. The molecular formula is C17H18N4O2. The van der Waals surface area contributed by atoms with Crippen molar-refractivity contribution in [3.8, 4) is 23.1 Å². The molecule has 0 bridgehead atoms. The summed E-state index contributed by atoms with van der Waals surface area (Å²) in [5.74, 6) is 0.436. The standard InChI is InChI=1S/C15H12N4O2.C2H6/c16-7-11-5-10(3-4-13(11)20)12-6-14(18-8-17-12)19-15(21)9-1-2-9;1-2/h3-6,8-9,20H,1-2H2,(H,17,18,19,21);1-2H3. The van der Waals surface area contributed by atoms with Crippen molar-refractivity contribution in [2.75, 3.05) is 5.32 Å². The number of aromatic nitrogens is 2. The van der Waals surface area contributed by atoms with Crippen LogP contribution >= 0.6 is 0 Å². The second kappa shape index (κ2) is 7.36. The Labute approximate surface area is 134 Å². The van der Waals surface area contributed by atoms with E-state index in [1.807, 2.05) is 19.9 Å². The van der Waals surface area contributed by atoms with Crippen LogP contribution in [0, 0.1) is 17.2 Å². The van der Waals surface area contributed by atoms with Gasteiger partial charge in [0.2, 0.25) is 5.91 Å². The van der Waals surface area contributed by atoms with Gasteiger partial charge >= 0.3 is 0 Å². The van der Waals surface area contributed by atoms with E-state index < -0.39 is 0 Å². The number of nitrogens with one attached hydrogen (secondary N) is 1. The number of hydrogen-bond acceptors (Lipinski definition) is 5. The molecule has 1 saturated carbocycles. The minimum atomic E-state index is -0.0717. The van der Waals surface area contributed by atoms with Gasteiger partial charge in [0, 0.05) is 17.5 Å². The summed E-state index contributed by atoms with van der Waals surface area (Å²) >= 11 is 0. The summed E-state index contributed by atoms with van der Waals surface area (Å²) in [5, 5.41) is 21.2. The van der Waals surface area contributed by atoms with E-state index in [0.29, 0.717) is 17.1 Å². The fourth-order valence-corrected chi connectivity index (χ4v) is 1.94. The molecule has 0 radical (unpaired) electrons. The van der Waals surface area contributed by atoms with Gasteiger partial charge in [-0.1, -0.05) is 13.8 Å². The zero-order valence-electron chi connectivity index (χ0n) is 13.1. The highest BCUT2D eigenvalue weighted by atomic mass is 16.3. The summed E-state index contributed by atoms with van der Waals surface area (Å²) in [6, 6.07) is 8.21.